The minimum absolute atomic E-state index is 0.0383. The van der Waals surface area contributed by atoms with Gasteiger partial charge in [0.1, 0.15) is 0 Å². The van der Waals surface area contributed by atoms with E-state index < -0.39 is 0 Å². The predicted molar refractivity (Wildman–Crippen MR) is 124 cm³/mol. The minimum Gasteiger partial charge on any atom is -0.355 e. The van der Waals surface area contributed by atoms with Gasteiger partial charge in [0, 0.05) is 41.0 Å². The molecule has 2 heterocycles. The summed E-state index contributed by atoms with van der Waals surface area (Å²) in [5, 5.41) is 3.57. The minimum atomic E-state index is -0.0485. The molecule has 1 fully saturated rings. The molecule has 2 aromatic carbocycles. The lowest BCUT2D eigenvalue weighted by Crippen LogP contribution is -2.32. The third kappa shape index (κ3) is 4.67. The summed E-state index contributed by atoms with van der Waals surface area (Å²) in [6.07, 6.45) is 2.14. The van der Waals surface area contributed by atoms with Crippen molar-refractivity contribution in [2.45, 2.75) is 32.6 Å². The third-order valence-electron chi connectivity index (χ3n) is 5.89. The Hall–Kier alpha value is -3.05. The van der Waals surface area contributed by atoms with Gasteiger partial charge < -0.3 is 15.2 Å². The Balaban J connectivity index is 1.47. The lowest BCUT2D eigenvalue weighted by molar-refractivity contribution is 0.103. The van der Waals surface area contributed by atoms with Crippen LogP contribution in [0, 0.1) is 6.92 Å². The van der Waals surface area contributed by atoms with Crippen LogP contribution in [0.4, 0.5) is 10.5 Å². The zero-order valence-corrected chi connectivity index (χ0v) is 18.5. The Bertz CT molecular complexity index is 1080. The second-order valence-corrected chi connectivity index (χ2v) is 8.52. The number of benzene rings is 2. The second-order valence-electron chi connectivity index (χ2n) is 8.09. The van der Waals surface area contributed by atoms with Gasteiger partial charge in [-0.05, 0) is 73.4 Å². The van der Waals surface area contributed by atoms with E-state index in [-0.39, 0.29) is 17.7 Å². The molecule has 0 bridgehead atoms. The highest BCUT2D eigenvalue weighted by atomic mass is 35.5. The number of rotatable bonds is 5. The third-order valence-corrected chi connectivity index (χ3v) is 6.14. The highest BCUT2D eigenvalue weighted by Crippen LogP contribution is 2.27. The molecule has 1 aromatic heterocycles. The highest BCUT2D eigenvalue weighted by Gasteiger charge is 2.20. The molecular weight excluding hydrogens is 410 g/mol. The molecule has 1 atom stereocenters. The smallest absolute Gasteiger partial charge is 0.321 e. The van der Waals surface area contributed by atoms with Crippen LogP contribution in [0.25, 0.3) is 0 Å². The molecule has 2 N–H and O–H groups in total. The average Bonchev–Trinajstić information content (AvgIpc) is 3.44. The van der Waals surface area contributed by atoms with E-state index in [1.54, 1.807) is 24.3 Å². The van der Waals surface area contributed by atoms with Gasteiger partial charge in [-0.2, -0.15) is 0 Å². The van der Waals surface area contributed by atoms with Crippen molar-refractivity contribution >= 4 is 29.1 Å². The lowest BCUT2D eigenvalue weighted by atomic mass is 9.97. The van der Waals surface area contributed by atoms with Crippen molar-refractivity contribution in [3.05, 3.63) is 87.7 Å². The summed E-state index contributed by atoms with van der Waals surface area (Å²) in [6.45, 7) is 5.68. The van der Waals surface area contributed by atoms with Crippen molar-refractivity contribution in [1.29, 1.82) is 0 Å². The molecule has 3 aromatic rings. The van der Waals surface area contributed by atoms with Crippen LogP contribution in [0.3, 0.4) is 0 Å². The molecule has 2 amide bonds. The van der Waals surface area contributed by atoms with Gasteiger partial charge in [-0.1, -0.05) is 30.7 Å². The number of H-pyrrole nitrogens is 1. The molecule has 6 heteroatoms. The largest absolute Gasteiger partial charge is 0.355 e. The fourth-order valence-electron chi connectivity index (χ4n) is 3.96. The molecule has 0 saturated carbocycles. The summed E-state index contributed by atoms with van der Waals surface area (Å²) in [6, 6.07) is 16.8. The Labute approximate surface area is 187 Å². The Morgan fingerprint density at radius 1 is 1.03 bits per heavy atom. The fourth-order valence-corrected chi connectivity index (χ4v) is 4.08. The van der Waals surface area contributed by atoms with E-state index in [4.69, 9.17) is 11.6 Å². The number of urea groups is 1. The zero-order chi connectivity index (χ0) is 22.0. The van der Waals surface area contributed by atoms with Gasteiger partial charge >= 0.3 is 6.03 Å². The summed E-state index contributed by atoms with van der Waals surface area (Å²) in [4.78, 5) is 30.3. The second kappa shape index (κ2) is 8.98. The summed E-state index contributed by atoms with van der Waals surface area (Å²) in [5.74, 6) is 0.0291. The molecule has 31 heavy (non-hydrogen) atoms. The van der Waals surface area contributed by atoms with Gasteiger partial charge in [-0.3, -0.25) is 4.79 Å². The number of nitrogens with zero attached hydrogens (tertiary/aromatic N) is 1. The molecule has 0 aliphatic carbocycles. The Kier molecular flexibility index (Phi) is 6.14. The maximum absolute atomic E-state index is 12.9. The number of hydrogen-bond acceptors (Lipinski definition) is 2. The molecule has 0 radical (unpaired) electrons. The Morgan fingerprint density at radius 3 is 2.32 bits per heavy atom. The van der Waals surface area contributed by atoms with Gasteiger partial charge in [0.05, 0.1) is 5.69 Å². The first-order chi connectivity index (χ1) is 14.9. The van der Waals surface area contributed by atoms with E-state index in [1.165, 1.54) is 0 Å². The molecule has 5 nitrogen and oxygen atoms in total. The van der Waals surface area contributed by atoms with Gasteiger partial charge in [-0.25, -0.2) is 4.79 Å². The van der Waals surface area contributed by atoms with Crippen molar-refractivity contribution < 1.29 is 9.59 Å². The zero-order valence-electron chi connectivity index (χ0n) is 17.7. The molecule has 160 valence electrons. The van der Waals surface area contributed by atoms with Crippen molar-refractivity contribution in [3.8, 4) is 0 Å². The van der Waals surface area contributed by atoms with E-state index >= 15 is 0 Å². The summed E-state index contributed by atoms with van der Waals surface area (Å²) >= 11 is 5.93. The summed E-state index contributed by atoms with van der Waals surface area (Å²) < 4.78 is 0. The maximum atomic E-state index is 12.9. The molecule has 1 aliphatic heterocycles. The first kappa shape index (κ1) is 21.2. The van der Waals surface area contributed by atoms with Crippen molar-refractivity contribution in [1.82, 2.24) is 9.88 Å². The summed E-state index contributed by atoms with van der Waals surface area (Å²) in [5.41, 5.74) is 4.98. The average molecular weight is 436 g/mol. The van der Waals surface area contributed by atoms with Crippen LogP contribution in [0.1, 0.15) is 58.6 Å². The van der Waals surface area contributed by atoms with Crippen LogP contribution in [-0.2, 0) is 0 Å². The first-order valence-electron chi connectivity index (χ1n) is 10.6. The molecule has 4 rings (SSSR count). The normalized spacial score (nSPS) is 14.5. The first-order valence-corrected chi connectivity index (χ1v) is 11.0. The van der Waals surface area contributed by atoms with Crippen molar-refractivity contribution in [2.75, 3.05) is 18.4 Å². The van der Waals surface area contributed by atoms with Crippen LogP contribution in [0.2, 0.25) is 5.02 Å². The molecular formula is C25H26ClN3O2. The maximum Gasteiger partial charge on any atom is 0.321 e. The van der Waals surface area contributed by atoms with Crippen LogP contribution < -0.4 is 5.32 Å². The SMILES string of the molecule is Cc1cc(C(C)c2ccc(NC(=O)N3CCCC3)cc2)[nH]c1C(=O)c1ccc(Cl)cc1. The van der Waals surface area contributed by atoms with Crippen LogP contribution in [-0.4, -0.2) is 34.8 Å². The van der Waals surface area contributed by atoms with E-state index in [9.17, 15) is 9.59 Å². The number of halogens is 1. The number of anilines is 1. The standard InChI is InChI=1S/C25H26ClN3O2/c1-16-15-22(28-23(16)24(30)19-5-9-20(26)10-6-19)17(2)18-7-11-21(12-8-18)27-25(31)29-13-3-4-14-29/h5-12,15,17,28H,3-4,13-14H2,1-2H3,(H,27,31). The number of nitrogens with one attached hydrogen (secondary N) is 2. The van der Waals surface area contributed by atoms with E-state index in [0.29, 0.717) is 16.3 Å². The van der Waals surface area contributed by atoms with Crippen LogP contribution >= 0.6 is 11.6 Å². The molecule has 1 aliphatic rings. The van der Waals surface area contributed by atoms with Crippen LogP contribution in [0.5, 0.6) is 0 Å². The number of likely N-dealkylation sites (tertiary alicyclic amines) is 1. The number of carbonyl (C=O) groups is 2. The quantitative estimate of drug-likeness (QED) is 0.483. The van der Waals surface area contributed by atoms with Crippen molar-refractivity contribution in [2.24, 2.45) is 0 Å². The number of carbonyl (C=O) groups excluding carboxylic acids is 2. The highest BCUT2D eigenvalue weighted by molar-refractivity contribution is 6.30. The van der Waals surface area contributed by atoms with Crippen molar-refractivity contribution in [3.63, 3.8) is 0 Å². The van der Waals surface area contributed by atoms with Gasteiger partial charge in [0.2, 0.25) is 5.78 Å². The number of hydrogen-bond donors (Lipinski definition) is 2. The lowest BCUT2D eigenvalue weighted by Gasteiger charge is -2.17. The number of aromatic nitrogens is 1. The monoisotopic (exact) mass is 435 g/mol. The van der Waals surface area contributed by atoms with Gasteiger partial charge in [0.25, 0.3) is 0 Å². The predicted octanol–water partition coefficient (Wildman–Crippen LogP) is 5.99. The number of aryl methyl sites for hydroxylation is 1. The number of amides is 2. The molecule has 0 spiro atoms. The van der Waals surface area contributed by atoms with Gasteiger partial charge in [0.15, 0.2) is 0 Å². The van der Waals surface area contributed by atoms with E-state index in [1.807, 2.05) is 42.2 Å². The van der Waals surface area contributed by atoms with E-state index in [0.717, 1.165) is 48.4 Å². The van der Waals surface area contributed by atoms with Crippen LogP contribution in [0.15, 0.2) is 54.6 Å². The van der Waals surface area contributed by atoms with E-state index in [2.05, 4.69) is 17.2 Å². The Morgan fingerprint density at radius 2 is 1.68 bits per heavy atom. The number of aromatic amines is 1. The molecule has 1 unspecified atom stereocenters. The topological polar surface area (TPSA) is 65.2 Å². The molecule has 1 saturated heterocycles. The summed E-state index contributed by atoms with van der Waals surface area (Å²) in [7, 11) is 0. The number of ketones is 1. The van der Waals surface area contributed by atoms with Gasteiger partial charge in [-0.15, -0.1) is 0 Å². The fraction of sp³-hybridized carbons (Fsp3) is 0.280.